The van der Waals surface area contributed by atoms with E-state index in [2.05, 4.69) is 28.6 Å². The molecule has 1 fully saturated rings. The molecule has 0 bridgehead atoms. The molecule has 0 radical (unpaired) electrons. The van der Waals surface area contributed by atoms with E-state index in [1.807, 2.05) is 12.1 Å². The summed E-state index contributed by atoms with van der Waals surface area (Å²) >= 11 is 7.64. The van der Waals surface area contributed by atoms with Gasteiger partial charge >= 0.3 is 0 Å². The molecular formula is C10H11BrN2OS. The Kier molecular flexibility index (Phi) is 2.93. The fourth-order valence-corrected chi connectivity index (χ4v) is 2.39. The van der Waals surface area contributed by atoms with Crippen LogP contribution in [0.15, 0.2) is 22.7 Å². The number of rotatable bonds is 1. The van der Waals surface area contributed by atoms with Gasteiger partial charge in [0.05, 0.1) is 11.4 Å². The van der Waals surface area contributed by atoms with Crippen molar-refractivity contribution in [3.63, 3.8) is 0 Å². The van der Waals surface area contributed by atoms with Crippen LogP contribution in [0.3, 0.4) is 0 Å². The van der Waals surface area contributed by atoms with Gasteiger partial charge in [0.2, 0.25) is 5.91 Å². The molecule has 1 aliphatic rings. The number of thiol groups is 1. The number of nitrogens with two attached hydrogens (primary N) is 1. The first-order chi connectivity index (χ1) is 7.08. The highest BCUT2D eigenvalue weighted by Gasteiger charge is 2.29. The van der Waals surface area contributed by atoms with E-state index in [-0.39, 0.29) is 11.2 Å². The van der Waals surface area contributed by atoms with Gasteiger partial charge in [-0.2, -0.15) is 12.6 Å². The van der Waals surface area contributed by atoms with Crippen LogP contribution in [0.2, 0.25) is 0 Å². The van der Waals surface area contributed by atoms with Crippen LogP contribution in [0.4, 0.5) is 11.4 Å². The van der Waals surface area contributed by atoms with Gasteiger partial charge in [0.15, 0.2) is 0 Å². The third-order valence-electron chi connectivity index (χ3n) is 2.38. The minimum Gasteiger partial charge on any atom is -0.397 e. The van der Waals surface area contributed by atoms with Crippen molar-refractivity contribution in [1.29, 1.82) is 0 Å². The third kappa shape index (κ3) is 2.13. The highest BCUT2D eigenvalue weighted by Crippen LogP contribution is 2.30. The Morgan fingerprint density at radius 2 is 2.27 bits per heavy atom. The minimum atomic E-state index is 0.0871. The second-order valence-electron chi connectivity index (χ2n) is 3.57. The van der Waals surface area contributed by atoms with Crippen molar-refractivity contribution in [2.24, 2.45) is 0 Å². The number of hydrogen-bond donors (Lipinski definition) is 2. The predicted octanol–water partition coefficient (Wildman–Crippen LogP) is 2.07. The molecule has 0 aromatic heterocycles. The van der Waals surface area contributed by atoms with Crippen molar-refractivity contribution in [1.82, 2.24) is 0 Å². The molecule has 1 aromatic rings. The van der Waals surface area contributed by atoms with Crippen molar-refractivity contribution in [3.8, 4) is 0 Å². The standard InChI is InChI=1S/C10H11BrN2OS/c11-6-1-2-9(8(12)3-6)13-5-7(15)4-10(13)14/h1-3,7,15H,4-5,12H2. The maximum Gasteiger partial charge on any atom is 0.228 e. The van der Waals surface area contributed by atoms with Crippen LogP contribution in [0.5, 0.6) is 0 Å². The van der Waals surface area contributed by atoms with E-state index in [0.29, 0.717) is 18.7 Å². The molecule has 1 aromatic carbocycles. The molecule has 2 N–H and O–H groups in total. The topological polar surface area (TPSA) is 46.3 Å². The molecule has 80 valence electrons. The van der Waals surface area contributed by atoms with Gasteiger partial charge in [0, 0.05) is 22.7 Å². The Balaban J connectivity index is 2.34. The van der Waals surface area contributed by atoms with E-state index in [4.69, 9.17) is 5.73 Å². The van der Waals surface area contributed by atoms with E-state index in [0.717, 1.165) is 10.2 Å². The lowest BCUT2D eigenvalue weighted by Gasteiger charge is -2.18. The molecule has 0 aliphatic carbocycles. The summed E-state index contributed by atoms with van der Waals surface area (Å²) in [4.78, 5) is 13.3. The van der Waals surface area contributed by atoms with Gasteiger partial charge < -0.3 is 10.6 Å². The van der Waals surface area contributed by atoms with Crippen LogP contribution in [-0.4, -0.2) is 17.7 Å². The largest absolute Gasteiger partial charge is 0.397 e. The molecule has 1 heterocycles. The fraction of sp³-hybridized carbons (Fsp3) is 0.300. The lowest BCUT2D eigenvalue weighted by Crippen LogP contribution is -2.25. The molecule has 1 atom stereocenters. The van der Waals surface area contributed by atoms with E-state index in [1.165, 1.54) is 0 Å². The van der Waals surface area contributed by atoms with Gasteiger partial charge in [0.1, 0.15) is 0 Å². The molecule has 2 rings (SSSR count). The summed E-state index contributed by atoms with van der Waals surface area (Å²) in [5.41, 5.74) is 7.25. The van der Waals surface area contributed by atoms with Crippen molar-refractivity contribution < 1.29 is 4.79 Å². The normalized spacial score (nSPS) is 21.1. The molecule has 1 saturated heterocycles. The number of benzene rings is 1. The van der Waals surface area contributed by atoms with Gasteiger partial charge in [-0.1, -0.05) is 15.9 Å². The molecule has 5 heteroatoms. The average Bonchev–Trinajstić information content (AvgIpc) is 2.45. The summed E-state index contributed by atoms with van der Waals surface area (Å²) in [5, 5.41) is 0.112. The maximum absolute atomic E-state index is 11.6. The Hall–Kier alpha value is -0.680. The first-order valence-corrected chi connectivity index (χ1v) is 5.92. The quantitative estimate of drug-likeness (QED) is 0.613. The summed E-state index contributed by atoms with van der Waals surface area (Å²) in [5.74, 6) is 0.0871. The number of nitrogen functional groups attached to an aromatic ring is 1. The van der Waals surface area contributed by atoms with Crippen molar-refractivity contribution >= 4 is 45.8 Å². The van der Waals surface area contributed by atoms with Gasteiger partial charge in [-0.3, -0.25) is 4.79 Å². The van der Waals surface area contributed by atoms with Crippen molar-refractivity contribution in [2.75, 3.05) is 17.2 Å². The summed E-state index contributed by atoms with van der Waals surface area (Å²) in [7, 11) is 0. The number of hydrogen-bond acceptors (Lipinski definition) is 3. The Morgan fingerprint density at radius 1 is 1.53 bits per heavy atom. The number of nitrogens with zero attached hydrogens (tertiary/aromatic N) is 1. The van der Waals surface area contributed by atoms with Crippen LogP contribution in [0, 0.1) is 0 Å². The fourth-order valence-electron chi connectivity index (χ4n) is 1.69. The zero-order chi connectivity index (χ0) is 11.0. The SMILES string of the molecule is Nc1cc(Br)ccc1N1CC(S)CC1=O. The number of carbonyl (C=O) groups is 1. The second-order valence-corrected chi connectivity index (χ2v) is 5.21. The molecule has 1 unspecified atom stereocenters. The molecule has 0 saturated carbocycles. The van der Waals surface area contributed by atoms with Gasteiger partial charge in [-0.25, -0.2) is 0 Å². The Morgan fingerprint density at radius 3 is 2.80 bits per heavy atom. The maximum atomic E-state index is 11.6. The van der Waals surface area contributed by atoms with Crippen LogP contribution in [-0.2, 0) is 4.79 Å². The van der Waals surface area contributed by atoms with E-state index >= 15 is 0 Å². The van der Waals surface area contributed by atoms with E-state index in [1.54, 1.807) is 11.0 Å². The first-order valence-electron chi connectivity index (χ1n) is 4.61. The van der Waals surface area contributed by atoms with Gasteiger partial charge in [-0.15, -0.1) is 0 Å². The lowest BCUT2D eigenvalue weighted by atomic mass is 10.2. The molecule has 1 aliphatic heterocycles. The van der Waals surface area contributed by atoms with Crippen LogP contribution < -0.4 is 10.6 Å². The molecule has 3 nitrogen and oxygen atoms in total. The van der Waals surface area contributed by atoms with Crippen molar-refractivity contribution in [2.45, 2.75) is 11.7 Å². The zero-order valence-electron chi connectivity index (χ0n) is 7.98. The van der Waals surface area contributed by atoms with Gasteiger partial charge in [0.25, 0.3) is 0 Å². The summed E-state index contributed by atoms with van der Waals surface area (Å²) in [6.45, 7) is 0.633. The number of anilines is 2. The molecular weight excluding hydrogens is 276 g/mol. The lowest BCUT2D eigenvalue weighted by molar-refractivity contribution is -0.117. The minimum absolute atomic E-state index is 0.0871. The number of amides is 1. The monoisotopic (exact) mass is 286 g/mol. The molecule has 0 spiro atoms. The van der Waals surface area contributed by atoms with Crippen LogP contribution >= 0.6 is 28.6 Å². The predicted molar refractivity (Wildman–Crippen MR) is 68.3 cm³/mol. The van der Waals surface area contributed by atoms with E-state index < -0.39 is 0 Å². The highest BCUT2D eigenvalue weighted by atomic mass is 79.9. The number of halogens is 1. The summed E-state index contributed by atoms with van der Waals surface area (Å²) < 4.78 is 0.915. The highest BCUT2D eigenvalue weighted by molar-refractivity contribution is 9.10. The van der Waals surface area contributed by atoms with Gasteiger partial charge in [-0.05, 0) is 18.2 Å². The Labute approximate surface area is 102 Å². The molecule has 15 heavy (non-hydrogen) atoms. The second kappa shape index (κ2) is 4.06. The van der Waals surface area contributed by atoms with Crippen LogP contribution in [0.1, 0.15) is 6.42 Å². The third-order valence-corrected chi connectivity index (χ3v) is 3.22. The summed E-state index contributed by atoms with van der Waals surface area (Å²) in [6, 6.07) is 5.53. The smallest absolute Gasteiger partial charge is 0.228 e. The number of carbonyl (C=O) groups excluding carboxylic acids is 1. The van der Waals surface area contributed by atoms with E-state index in [9.17, 15) is 4.79 Å². The average molecular weight is 287 g/mol. The first kappa shape index (κ1) is 10.8. The molecule has 1 amide bonds. The van der Waals surface area contributed by atoms with Crippen molar-refractivity contribution in [3.05, 3.63) is 22.7 Å². The summed E-state index contributed by atoms with van der Waals surface area (Å²) in [6.07, 6.45) is 0.485. The Bertz CT molecular complexity index is 410. The zero-order valence-corrected chi connectivity index (χ0v) is 10.5. The van der Waals surface area contributed by atoms with Crippen LogP contribution in [0.25, 0.3) is 0 Å².